The maximum Gasteiger partial charge on any atom is 0.253 e. The first kappa shape index (κ1) is 14.9. The third kappa shape index (κ3) is 2.97. The smallest absolute Gasteiger partial charge is 0.253 e. The van der Waals surface area contributed by atoms with Gasteiger partial charge < -0.3 is 15.4 Å². The van der Waals surface area contributed by atoms with Gasteiger partial charge in [0.25, 0.3) is 5.91 Å². The van der Waals surface area contributed by atoms with Crippen molar-refractivity contribution in [3.8, 4) is 5.75 Å². The van der Waals surface area contributed by atoms with Crippen LogP contribution in [-0.2, 0) is 4.79 Å². The predicted molar refractivity (Wildman–Crippen MR) is 81.0 cm³/mol. The van der Waals surface area contributed by atoms with Gasteiger partial charge >= 0.3 is 0 Å². The van der Waals surface area contributed by atoms with Crippen molar-refractivity contribution in [2.24, 2.45) is 5.73 Å². The number of hydrogen-bond donors (Lipinski definition) is 1. The second-order valence-corrected chi connectivity index (χ2v) is 5.13. The van der Waals surface area contributed by atoms with Crippen LogP contribution in [0.5, 0.6) is 5.75 Å². The molecule has 2 heterocycles. The monoisotopic (exact) mass is 294 g/mol. The molecule has 0 aliphatic carbocycles. The number of para-hydroxylation sites is 1. The molecule has 0 unspecified atom stereocenters. The molecule has 1 aromatic carbocycles. The van der Waals surface area contributed by atoms with E-state index in [9.17, 15) is 4.79 Å². The minimum atomic E-state index is 0. The van der Waals surface area contributed by atoms with E-state index in [1.54, 1.807) is 0 Å². The number of piperidine rings is 1. The van der Waals surface area contributed by atoms with E-state index < -0.39 is 0 Å². The lowest BCUT2D eigenvalue weighted by molar-refractivity contribution is -0.128. The molecule has 1 amide bonds. The highest BCUT2D eigenvalue weighted by molar-refractivity contribution is 5.99. The molecule has 0 spiro atoms. The zero-order chi connectivity index (χ0) is 13.2. The number of fused-ring (bicyclic) bond motifs is 1. The van der Waals surface area contributed by atoms with Crippen LogP contribution >= 0.6 is 12.4 Å². The van der Waals surface area contributed by atoms with Crippen LogP contribution in [0.4, 0.5) is 0 Å². The van der Waals surface area contributed by atoms with Crippen molar-refractivity contribution in [2.45, 2.75) is 18.9 Å². The van der Waals surface area contributed by atoms with Crippen LogP contribution in [0, 0.1) is 0 Å². The lowest BCUT2D eigenvalue weighted by Gasteiger charge is -2.31. The average Bonchev–Trinajstić information content (AvgIpc) is 2.47. The summed E-state index contributed by atoms with van der Waals surface area (Å²) in [5.41, 5.74) is 7.57. The Bertz CT molecular complexity index is 522. The molecule has 3 rings (SSSR count). The average molecular weight is 295 g/mol. The summed E-state index contributed by atoms with van der Waals surface area (Å²) in [7, 11) is 0. The largest absolute Gasteiger partial charge is 0.488 e. The molecule has 20 heavy (non-hydrogen) atoms. The van der Waals surface area contributed by atoms with Gasteiger partial charge in [-0.3, -0.25) is 4.79 Å². The molecule has 0 aromatic heterocycles. The number of carbonyl (C=O) groups is 1. The van der Waals surface area contributed by atoms with Crippen molar-refractivity contribution in [3.05, 3.63) is 35.4 Å². The minimum absolute atomic E-state index is 0. The van der Waals surface area contributed by atoms with Gasteiger partial charge in [0.15, 0.2) is 0 Å². The molecule has 2 N–H and O–H groups in total. The van der Waals surface area contributed by atoms with Crippen molar-refractivity contribution in [1.29, 1.82) is 0 Å². The molecular weight excluding hydrogens is 276 g/mol. The Morgan fingerprint density at radius 2 is 1.95 bits per heavy atom. The summed E-state index contributed by atoms with van der Waals surface area (Å²) in [4.78, 5) is 14.3. The lowest BCUT2D eigenvalue weighted by atomic mass is 10.0. The summed E-state index contributed by atoms with van der Waals surface area (Å²) in [6, 6.07) is 8.01. The highest BCUT2D eigenvalue weighted by Gasteiger charge is 2.25. The second kappa shape index (κ2) is 6.29. The molecule has 1 fully saturated rings. The quantitative estimate of drug-likeness (QED) is 0.860. The van der Waals surface area contributed by atoms with E-state index in [-0.39, 0.29) is 24.4 Å². The number of hydrogen-bond acceptors (Lipinski definition) is 3. The molecular formula is C15H19ClN2O2. The topological polar surface area (TPSA) is 55.6 Å². The second-order valence-electron chi connectivity index (χ2n) is 5.13. The van der Waals surface area contributed by atoms with Crippen LogP contribution in [0.3, 0.4) is 0 Å². The molecule has 0 atom stereocenters. The first-order valence-corrected chi connectivity index (χ1v) is 6.71. The van der Waals surface area contributed by atoms with E-state index in [1.165, 1.54) is 0 Å². The number of benzene rings is 1. The fraction of sp³-hybridized carbons (Fsp3) is 0.400. The number of rotatable bonds is 1. The van der Waals surface area contributed by atoms with Crippen LogP contribution in [0.15, 0.2) is 29.8 Å². The van der Waals surface area contributed by atoms with Gasteiger partial charge in [-0.25, -0.2) is 0 Å². The molecule has 1 aromatic rings. The van der Waals surface area contributed by atoms with Crippen LogP contribution in [0.1, 0.15) is 18.4 Å². The molecule has 0 radical (unpaired) electrons. The Kier molecular flexibility index (Phi) is 4.68. The van der Waals surface area contributed by atoms with Crippen molar-refractivity contribution < 1.29 is 9.53 Å². The Balaban J connectivity index is 0.00000147. The van der Waals surface area contributed by atoms with Gasteiger partial charge in [0.1, 0.15) is 12.4 Å². The normalized spacial score (nSPS) is 18.4. The van der Waals surface area contributed by atoms with Crippen LogP contribution in [0.25, 0.3) is 6.08 Å². The van der Waals surface area contributed by atoms with E-state index in [0.717, 1.165) is 42.8 Å². The number of nitrogens with two attached hydrogens (primary N) is 1. The van der Waals surface area contributed by atoms with E-state index in [1.807, 2.05) is 35.2 Å². The molecule has 2 aliphatic rings. The van der Waals surface area contributed by atoms with Crippen LogP contribution in [0.2, 0.25) is 0 Å². The summed E-state index contributed by atoms with van der Waals surface area (Å²) in [5, 5.41) is 0. The number of carbonyl (C=O) groups excluding carboxylic acids is 1. The first-order valence-electron chi connectivity index (χ1n) is 6.71. The van der Waals surface area contributed by atoms with Crippen molar-refractivity contribution in [2.75, 3.05) is 19.7 Å². The number of halogens is 1. The summed E-state index contributed by atoms with van der Waals surface area (Å²) in [6.45, 7) is 1.86. The van der Waals surface area contributed by atoms with Gasteiger partial charge in [-0.2, -0.15) is 0 Å². The van der Waals surface area contributed by atoms with E-state index in [4.69, 9.17) is 10.5 Å². The Labute approximate surface area is 125 Å². The maximum atomic E-state index is 12.4. The summed E-state index contributed by atoms with van der Waals surface area (Å²) in [6.07, 6.45) is 3.71. The fourth-order valence-corrected chi connectivity index (χ4v) is 2.55. The number of nitrogens with zero attached hydrogens (tertiary/aromatic N) is 1. The molecule has 5 heteroatoms. The fourth-order valence-electron chi connectivity index (χ4n) is 2.55. The predicted octanol–water partition coefficient (Wildman–Crippen LogP) is 1.83. The third-order valence-electron chi connectivity index (χ3n) is 3.73. The van der Waals surface area contributed by atoms with Gasteiger partial charge in [-0.05, 0) is 25.0 Å². The maximum absolute atomic E-state index is 12.4. The summed E-state index contributed by atoms with van der Waals surface area (Å²) < 4.78 is 5.63. The van der Waals surface area contributed by atoms with Gasteiger partial charge in [0.05, 0.1) is 5.57 Å². The Morgan fingerprint density at radius 3 is 2.70 bits per heavy atom. The molecule has 4 nitrogen and oxygen atoms in total. The van der Waals surface area contributed by atoms with Crippen molar-refractivity contribution in [3.63, 3.8) is 0 Å². The van der Waals surface area contributed by atoms with E-state index in [0.29, 0.717) is 6.61 Å². The highest BCUT2D eigenvalue weighted by atomic mass is 35.5. The molecule has 2 aliphatic heterocycles. The van der Waals surface area contributed by atoms with Gasteiger partial charge in [0.2, 0.25) is 0 Å². The lowest BCUT2D eigenvalue weighted by Crippen LogP contribution is -2.44. The molecule has 1 saturated heterocycles. The number of ether oxygens (including phenoxy) is 1. The van der Waals surface area contributed by atoms with E-state index in [2.05, 4.69) is 0 Å². The minimum Gasteiger partial charge on any atom is -0.488 e. The Morgan fingerprint density at radius 1 is 1.25 bits per heavy atom. The highest BCUT2D eigenvalue weighted by Crippen LogP contribution is 2.26. The molecule has 108 valence electrons. The SMILES string of the molecule is Cl.NC1CCN(C(=O)C2=Cc3ccccc3OC2)CC1. The standard InChI is InChI=1S/C15H18N2O2.ClH/c16-13-5-7-17(8-6-13)15(18)12-9-11-3-1-2-4-14(11)19-10-12;/h1-4,9,13H,5-8,10,16H2;1H. The number of amides is 1. The summed E-state index contributed by atoms with van der Waals surface area (Å²) >= 11 is 0. The zero-order valence-corrected chi connectivity index (χ0v) is 12.1. The van der Waals surface area contributed by atoms with Crippen LogP contribution in [-0.4, -0.2) is 36.5 Å². The van der Waals surface area contributed by atoms with Gasteiger partial charge in [-0.15, -0.1) is 12.4 Å². The Hall–Kier alpha value is -1.52. The third-order valence-corrected chi connectivity index (χ3v) is 3.73. The van der Waals surface area contributed by atoms with Gasteiger partial charge in [-0.1, -0.05) is 18.2 Å². The molecule has 0 bridgehead atoms. The first-order chi connectivity index (χ1) is 9.24. The van der Waals surface area contributed by atoms with Crippen molar-refractivity contribution in [1.82, 2.24) is 4.90 Å². The van der Waals surface area contributed by atoms with E-state index >= 15 is 0 Å². The summed E-state index contributed by atoms with van der Waals surface area (Å²) in [5.74, 6) is 0.932. The van der Waals surface area contributed by atoms with Gasteiger partial charge in [0, 0.05) is 24.7 Å². The van der Waals surface area contributed by atoms with Crippen molar-refractivity contribution >= 4 is 24.4 Å². The van der Waals surface area contributed by atoms with Crippen LogP contribution < -0.4 is 10.5 Å². The zero-order valence-electron chi connectivity index (χ0n) is 11.2. The number of likely N-dealkylation sites (tertiary alicyclic amines) is 1. The molecule has 0 saturated carbocycles.